The average molecular weight is 483 g/mol. The number of sulfone groups is 1. The van der Waals surface area contributed by atoms with Crippen molar-refractivity contribution in [1.82, 2.24) is 14.5 Å². The molecule has 0 saturated carbocycles. The molecule has 1 amide bonds. The van der Waals surface area contributed by atoms with E-state index in [0.717, 1.165) is 34.3 Å². The summed E-state index contributed by atoms with van der Waals surface area (Å²) in [6.07, 6.45) is 6.10. The third-order valence-electron chi connectivity index (χ3n) is 5.60. The summed E-state index contributed by atoms with van der Waals surface area (Å²) in [5, 5.41) is 0.642. The van der Waals surface area contributed by atoms with Crippen molar-refractivity contribution < 1.29 is 13.2 Å². The van der Waals surface area contributed by atoms with Gasteiger partial charge in [0.15, 0.2) is 15.0 Å². The lowest BCUT2D eigenvalue weighted by molar-refractivity contribution is 0.0986. The standard InChI is InChI=1S/C24H26N4O3S2/c1-4-33(30,31)20-10-8-19(9-11-20)23(29)28(14-5-13-27-15-12-25-16-27)24-26-21-17(2)6-7-18(3)22(21)32-24/h6-12,15-16H,4-5,13-14H2,1-3H3. The topological polar surface area (TPSA) is 85.2 Å². The summed E-state index contributed by atoms with van der Waals surface area (Å²) in [5.41, 5.74) is 3.53. The van der Waals surface area contributed by atoms with Gasteiger partial charge in [0.1, 0.15) is 0 Å². The fraction of sp³-hybridized carbons (Fsp3) is 0.292. The van der Waals surface area contributed by atoms with E-state index in [0.29, 0.717) is 17.2 Å². The molecule has 0 spiro atoms. The summed E-state index contributed by atoms with van der Waals surface area (Å²) in [5.74, 6) is -0.180. The molecule has 9 heteroatoms. The molecule has 4 aromatic rings. The summed E-state index contributed by atoms with van der Waals surface area (Å²) in [4.78, 5) is 24.3. The van der Waals surface area contributed by atoms with Crippen molar-refractivity contribution in [3.63, 3.8) is 0 Å². The Morgan fingerprint density at radius 1 is 1.09 bits per heavy atom. The number of hydrogen-bond acceptors (Lipinski definition) is 6. The van der Waals surface area contributed by atoms with Crippen LogP contribution in [0.15, 0.2) is 60.0 Å². The summed E-state index contributed by atoms with van der Waals surface area (Å²) < 4.78 is 27.3. The molecule has 0 aliphatic carbocycles. The first kappa shape index (κ1) is 23.1. The maximum Gasteiger partial charge on any atom is 0.260 e. The number of aryl methyl sites for hydroxylation is 3. The number of benzene rings is 2. The highest BCUT2D eigenvalue weighted by atomic mass is 32.2. The van der Waals surface area contributed by atoms with Gasteiger partial charge in [-0.3, -0.25) is 9.69 Å². The maximum absolute atomic E-state index is 13.5. The molecule has 7 nitrogen and oxygen atoms in total. The molecule has 0 atom stereocenters. The number of thiazole rings is 1. The quantitative estimate of drug-likeness (QED) is 0.365. The van der Waals surface area contributed by atoms with E-state index in [9.17, 15) is 13.2 Å². The number of imidazole rings is 1. The van der Waals surface area contributed by atoms with Gasteiger partial charge in [0.2, 0.25) is 0 Å². The van der Waals surface area contributed by atoms with E-state index in [1.165, 1.54) is 23.5 Å². The van der Waals surface area contributed by atoms with E-state index in [2.05, 4.69) is 11.1 Å². The molecule has 0 N–H and O–H groups in total. The minimum Gasteiger partial charge on any atom is -0.337 e. The molecule has 0 fully saturated rings. The van der Waals surface area contributed by atoms with Crippen LogP contribution in [0, 0.1) is 13.8 Å². The van der Waals surface area contributed by atoms with Crippen LogP contribution in [0.2, 0.25) is 0 Å². The Kier molecular flexibility index (Phi) is 6.62. The van der Waals surface area contributed by atoms with Gasteiger partial charge in [0.05, 0.1) is 27.2 Å². The molecule has 172 valence electrons. The monoisotopic (exact) mass is 482 g/mol. The Hall–Kier alpha value is -3.04. The normalized spacial score (nSPS) is 11.7. The van der Waals surface area contributed by atoms with E-state index in [1.54, 1.807) is 36.5 Å². The number of rotatable bonds is 8. The van der Waals surface area contributed by atoms with E-state index < -0.39 is 9.84 Å². The van der Waals surface area contributed by atoms with Crippen molar-refractivity contribution in [2.75, 3.05) is 17.2 Å². The Labute approximate surface area is 197 Å². The van der Waals surface area contributed by atoms with E-state index in [4.69, 9.17) is 4.98 Å². The SMILES string of the molecule is CCS(=O)(=O)c1ccc(C(=O)N(CCCn2ccnc2)c2nc3c(C)ccc(C)c3s2)cc1. The van der Waals surface area contributed by atoms with E-state index in [-0.39, 0.29) is 16.6 Å². The van der Waals surface area contributed by atoms with Crippen LogP contribution in [0.3, 0.4) is 0 Å². The largest absolute Gasteiger partial charge is 0.337 e. The summed E-state index contributed by atoms with van der Waals surface area (Å²) in [6, 6.07) is 10.3. The number of anilines is 1. The molecular weight excluding hydrogens is 456 g/mol. The Balaban J connectivity index is 1.67. The molecule has 0 unspecified atom stereocenters. The molecule has 0 radical (unpaired) electrons. The second kappa shape index (κ2) is 9.44. The van der Waals surface area contributed by atoms with Gasteiger partial charge in [-0.25, -0.2) is 18.4 Å². The molecule has 2 heterocycles. The Morgan fingerprint density at radius 3 is 2.45 bits per heavy atom. The van der Waals surface area contributed by atoms with Crippen LogP contribution >= 0.6 is 11.3 Å². The van der Waals surface area contributed by atoms with Crippen molar-refractivity contribution in [2.24, 2.45) is 0 Å². The van der Waals surface area contributed by atoms with Crippen LogP contribution in [-0.4, -0.2) is 41.2 Å². The van der Waals surface area contributed by atoms with Gasteiger partial charge in [-0.2, -0.15) is 0 Å². The van der Waals surface area contributed by atoms with Crippen LogP contribution in [0.1, 0.15) is 34.8 Å². The second-order valence-electron chi connectivity index (χ2n) is 7.91. The van der Waals surface area contributed by atoms with Gasteiger partial charge < -0.3 is 4.57 Å². The number of carbonyl (C=O) groups excluding carboxylic acids is 1. The smallest absolute Gasteiger partial charge is 0.260 e. The lowest BCUT2D eigenvalue weighted by atomic mass is 10.1. The first-order valence-electron chi connectivity index (χ1n) is 10.8. The minimum atomic E-state index is -3.32. The second-order valence-corrected chi connectivity index (χ2v) is 11.2. The lowest BCUT2D eigenvalue weighted by Crippen LogP contribution is -2.32. The van der Waals surface area contributed by atoms with Crippen LogP contribution in [0.4, 0.5) is 5.13 Å². The number of aromatic nitrogens is 3. The number of fused-ring (bicyclic) bond motifs is 1. The molecule has 33 heavy (non-hydrogen) atoms. The molecule has 0 aliphatic rings. The molecule has 2 aromatic carbocycles. The molecule has 4 rings (SSSR count). The Morgan fingerprint density at radius 2 is 1.82 bits per heavy atom. The third kappa shape index (κ3) is 4.84. The van der Waals surface area contributed by atoms with Gasteiger partial charge in [-0.15, -0.1) is 0 Å². The fourth-order valence-corrected chi connectivity index (χ4v) is 5.63. The fourth-order valence-electron chi connectivity index (χ4n) is 3.61. The number of amides is 1. The highest BCUT2D eigenvalue weighted by Gasteiger charge is 2.23. The van der Waals surface area contributed by atoms with Crippen LogP contribution < -0.4 is 4.90 Å². The average Bonchev–Trinajstić information content (AvgIpc) is 3.50. The van der Waals surface area contributed by atoms with Crippen molar-refractivity contribution in [3.05, 3.63) is 71.8 Å². The molecule has 0 aliphatic heterocycles. The van der Waals surface area contributed by atoms with Crippen molar-refractivity contribution in [2.45, 2.75) is 38.6 Å². The summed E-state index contributed by atoms with van der Waals surface area (Å²) >= 11 is 1.51. The van der Waals surface area contributed by atoms with Gasteiger partial charge in [0, 0.05) is 31.0 Å². The lowest BCUT2D eigenvalue weighted by Gasteiger charge is -2.20. The van der Waals surface area contributed by atoms with E-state index >= 15 is 0 Å². The Bertz CT molecular complexity index is 1340. The van der Waals surface area contributed by atoms with Crippen molar-refractivity contribution in [3.8, 4) is 0 Å². The van der Waals surface area contributed by atoms with Crippen molar-refractivity contribution in [1.29, 1.82) is 0 Å². The van der Waals surface area contributed by atoms with Gasteiger partial charge in [-0.05, 0) is 55.7 Å². The molecule has 0 bridgehead atoms. The highest BCUT2D eigenvalue weighted by Crippen LogP contribution is 2.34. The maximum atomic E-state index is 13.5. The number of carbonyl (C=O) groups is 1. The summed E-state index contributed by atoms with van der Waals surface area (Å²) in [6.45, 7) is 6.86. The minimum absolute atomic E-state index is 0.0189. The van der Waals surface area contributed by atoms with E-state index in [1.807, 2.05) is 30.7 Å². The zero-order valence-electron chi connectivity index (χ0n) is 18.9. The first-order chi connectivity index (χ1) is 15.8. The zero-order chi connectivity index (χ0) is 23.6. The first-order valence-corrected chi connectivity index (χ1v) is 13.2. The number of hydrogen-bond donors (Lipinski definition) is 0. The highest BCUT2D eigenvalue weighted by molar-refractivity contribution is 7.91. The molecular formula is C24H26N4O3S2. The predicted molar refractivity (Wildman–Crippen MR) is 132 cm³/mol. The zero-order valence-corrected chi connectivity index (χ0v) is 20.5. The molecule has 0 saturated heterocycles. The van der Waals surface area contributed by atoms with Crippen LogP contribution in [0.5, 0.6) is 0 Å². The predicted octanol–water partition coefficient (Wildman–Crippen LogP) is 4.64. The van der Waals surface area contributed by atoms with Crippen molar-refractivity contribution >= 4 is 42.4 Å². The van der Waals surface area contributed by atoms with Gasteiger partial charge >= 0.3 is 0 Å². The summed E-state index contributed by atoms with van der Waals surface area (Å²) in [7, 11) is -3.32. The van der Waals surface area contributed by atoms with Gasteiger partial charge in [-0.1, -0.05) is 30.4 Å². The third-order valence-corrected chi connectivity index (χ3v) is 8.57. The van der Waals surface area contributed by atoms with Crippen LogP contribution in [-0.2, 0) is 16.4 Å². The molecule has 2 aromatic heterocycles. The number of nitrogens with zero attached hydrogens (tertiary/aromatic N) is 4. The van der Waals surface area contributed by atoms with Gasteiger partial charge in [0.25, 0.3) is 5.91 Å². The van der Waals surface area contributed by atoms with Crippen LogP contribution in [0.25, 0.3) is 10.2 Å².